The van der Waals surface area contributed by atoms with Crippen LogP contribution in [0.15, 0.2) is 0 Å². The van der Waals surface area contributed by atoms with Crippen molar-refractivity contribution in [2.75, 3.05) is 6.54 Å². The fraction of sp³-hybridized carbons (Fsp3) is 0.857. The number of rotatable bonds is 4. The fourth-order valence-corrected chi connectivity index (χ4v) is 2.57. The Hall–Kier alpha value is -1.10. The second-order valence-electron chi connectivity index (χ2n) is 6.74. The molecule has 19 heavy (non-hydrogen) atoms. The van der Waals surface area contributed by atoms with E-state index in [9.17, 15) is 14.7 Å². The maximum absolute atomic E-state index is 11.9. The van der Waals surface area contributed by atoms with Crippen molar-refractivity contribution in [1.82, 2.24) is 10.6 Å². The first kappa shape index (κ1) is 16.0. The Morgan fingerprint density at radius 2 is 2.00 bits per heavy atom. The summed E-state index contributed by atoms with van der Waals surface area (Å²) in [4.78, 5) is 23.5. The first-order valence-corrected chi connectivity index (χ1v) is 6.94. The van der Waals surface area contributed by atoms with Crippen LogP contribution in [0.5, 0.6) is 0 Å². The summed E-state index contributed by atoms with van der Waals surface area (Å²) in [5, 5.41) is 15.3. The van der Waals surface area contributed by atoms with E-state index in [0.717, 1.165) is 12.8 Å². The number of aliphatic carboxylic acids is 1. The Bertz CT molecular complexity index is 349. The zero-order valence-corrected chi connectivity index (χ0v) is 12.4. The predicted molar refractivity (Wildman–Crippen MR) is 73.9 cm³/mol. The van der Waals surface area contributed by atoms with Gasteiger partial charge in [-0.1, -0.05) is 19.8 Å². The van der Waals surface area contributed by atoms with E-state index in [2.05, 4.69) is 10.6 Å². The Morgan fingerprint density at radius 1 is 1.37 bits per heavy atom. The van der Waals surface area contributed by atoms with Crippen LogP contribution in [-0.4, -0.2) is 34.6 Å². The molecule has 1 fully saturated rings. The van der Waals surface area contributed by atoms with Crippen LogP contribution >= 0.6 is 0 Å². The largest absolute Gasteiger partial charge is 0.480 e. The summed E-state index contributed by atoms with van der Waals surface area (Å²) < 4.78 is 0. The molecule has 1 saturated carbocycles. The van der Waals surface area contributed by atoms with E-state index >= 15 is 0 Å². The maximum Gasteiger partial charge on any atom is 0.329 e. The summed E-state index contributed by atoms with van der Waals surface area (Å²) in [5.74, 6) is -0.824. The Kier molecular flexibility index (Phi) is 4.96. The quantitative estimate of drug-likeness (QED) is 0.724. The molecule has 0 aromatic rings. The lowest BCUT2D eigenvalue weighted by molar-refractivity contribution is -0.150. The third kappa shape index (κ3) is 4.82. The summed E-state index contributed by atoms with van der Waals surface area (Å²) >= 11 is 0. The average molecular weight is 270 g/mol. The number of carbonyl (C=O) groups excluding carboxylic acids is 1. The van der Waals surface area contributed by atoms with Crippen LogP contribution < -0.4 is 10.6 Å². The molecule has 1 rings (SSSR count). The highest BCUT2D eigenvalue weighted by molar-refractivity contribution is 5.88. The van der Waals surface area contributed by atoms with Crippen LogP contribution in [0.3, 0.4) is 0 Å². The molecule has 110 valence electrons. The van der Waals surface area contributed by atoms with Crippen LogP contribution in [0, 0.1) is 5.92 Å². The van der Waals surface area contributed by atoms with Crippen LogP contribution in [0.1, 0.15) is 53.4 Å². The van der Waals surface area contributed by atoms with Gasteiger partial charge in [-0.05, 0) is 39.5 Å². The average Bonchev–Trinajstić information content (AvgIpc) is 2.25. The Morgan fingerprint density at radius 3 is 2.47 bits per heavy atom. The van der Waals surface area contributed by atoms with Crippen LogP contribution in [0.4, 0.5) is 0 Å². The van der Waals surface area contributed by atoms with Gasteiger partial charge in [-0.2, -0.15) is 0 Å². The summed E-state index contributed by atoms with van der Waals surface area (Å²) in [7, 11) is 0. The van der Waals surface area contributed by atoms with Crippen molar-refractivity contribution in [3.05, 3.63) is 0 Å². The molecule has 1 aliphatic rings. The summed E-state index contributed by atoms with van der Waals surface area (Å²) in [6.45, 7) is 8.09. The van der Waals surface area contributed by atoms with Gasteiger partial charge in [0, 0.05) is 5.54 Å². The maximum atomic E-state index is 11.9. The van der Waals surface area contributed by atoms with Crippen LogP contribution in [-0.2, 0) is 9.59 Å². The first-order valence-electron chi connectivity index (χ1n) is 6.94. The third-order valence-corrected chi connectivity index (χ3v) is 3.56. The molecule has 5 nitrogen and oxygen atoms in total. The van der Waals surface area contributed by atoms with E-state index in [4.69, 9.17) is 0 Å². The van der Waals surface area contributed by atoms with Crippen molar-refractivity contribution in [3.8, 4) is 0 Å². The minimum atomic E-state index is -1.08. The number of carboxylic acids is 1. The van der Waals surface area contributed by atoms with Gasteiger partial charge < -0.3 is 15.7 Å². The fourth-order valence-electron chi connectivity index (χ4n) is 2.57. The lowest BCUT2D eigenvalue weighted by atomic mass is 9.76. The Balaban J connectivity index is 2.64. The van der Waals surface area contributed by atoms with E-state index in [1.165, 1.54) is 0 Å². The molecule has 0 saturated heterocycles. The van der Waals surface area contributed by atoms with Gasteiger partial charge in [-0.3, -0.25) is 4.79 Å². The van der Waals surface area contributed by atoms with E-state index in [1.54, 1.807) is 0 Å². The second kappa shape index (κ2) is 5.90. The van der Waals surface area contributed by atoms with Crippen LogP contribution in [0.25, 0.3) is 0 Å². The van der Waals surface area contributed by atoms with Gasteiger partial charge in [0.25, 0.3) is 0 Å². The van der Waals surface area contributed by atoms with Crippen molar-refractivity contribution in [2.45, 2.75) is 64.5 Å². The molecular weight excluding hydrogens is 244 g/mol. The molecule has 2 atom stereocenters. The molecule has 0 radical (unpaired) electrons. The number of amides is 1. The molecule has 3 N–H and O–H groups in total. The van der Waals surface area contributed by atoms with Gasteiger partial charge in [-0.25, -0.2) is 4.79 Å². The zero-order chi connectivity index (χ0) is 14.7. The van der Waals surface area contributed by atoms with Gasteiger partial charge in [0.1, 0.15) is 5.54 Å². The van der Waals surface area contributed by atoms with Gasteiger partial charge in [-0.15, -0.1) is 0 Å². The summed E-state index contributed by atoms with van der Waals surface area (Å²) in [6, 6.07) is 0. The van der Waals surface area contributed by atoms with Crippen molar-refractivity contribution >= 4 is 11.9 Å². The highest BCUT2D eigenvalue weighted by Gasteiger charge is 2.43. The lowest BCUT2D eigenvalue weighted by Crippen LogP contribution is -2.59. The third-order valence-electron chi connectivity index (χ3n) is 3.56. The Labute approximate surface area is 115 Å². The summed E-state index contributed by atoms with van der Waals surface area (Å²) in [5.41, 5.74) is -1.23. The van der Waals surface area contributed by atoms with Crippen molar-refractivity contribution < 1.29 is 14.7 Å². The number of hydrogen-bond acceptors (Lipinski definition) is 3. The SMILES string of the molecule is CC1CCCC(NC(=O)CNC(C)(C)C)(C(=O)O)C1. The second-order valence-corrected chi connectivity index (χ2v) is 6.74. The zero-order valence-electron chi connectivity index (χ0n) is 12.4. The predicted octanol–water partition coefficient (Wildman–Crippen LogP) is 1.52. The van der Waals surface area contributed by atoms with Gasteiger partial charge in [0.15, 0.2) is 0 Å². The minimum absolute atomic E-state index is 0.146. The molecule has 5 heteroatoms. The molecule has 1 aliphatic carbocycles. The molecule has 2 unspecified atom stereocenters. The normalized spacial score (nSPS) is 27.9. The molecule has 0 aliphatic heterocycles. The van der Waals surface area contributed by atoms with Gasteiger partial charge in [0.2, 0.25) is 5.91 Å². The number of carboxylic acid groups (broad SMARTS) is 1. The van der Waals surface area contributed by atoms with E-state index in [0.29, 0.717) is 18.8 Å². The monoisotopic (exact) mass is 270 g/mol. The molecule has 1 amide bonds. The van der Waals surface area contributed by atoms with Crippen molar-refractivity contribution in [2.24, 2.45) is 5.92 Å². The smallest absolute Gasteiger partial charge is 0.329 e. The lowest BCUT2D eigenvalue weighted by Gasteiger charge is -2.37. The molecule has 0 aromatic heterocycles. The highest BCUT2D eigenvalue weighted by atomic mass is 16.4. The van der Waals surface area contributed by atoms with Gasteiger partial charge >= 0.3 is 5.97 Å². The number of carbonyl (C=O) groups is 2. The standard InChI is InChI=1S/C14H26N2O3/c1-10-6-5-7-14(8-10,12(18)19)16-11(17)9-15-13(2,3)4/h10,15H,5-9H2,1-4H3,(H,16,17)(H,18,19). The molecule has 0 heterocycles. The minimum Gasteiger partial charge on any atom is -0.480 e. The van der Waals surface area contributed by atoms with Crippen molar-refractivity contribution in [1.29, 1.82) is 0 Å². The molecule has 0 aromatic carbocycles. The van der Waals surface area contributed by atoms with E-state index in [1.807, 2.05) is 27.7 Å². The topological polar surface area (TPSA) is 78.4 Å². The number of nitrogens with one attached hydrogen (secondary N) is 2. The van der Waals surface area contributed by atoms with E-state index in [-0.39, 0.29) is 18.0 Å². The highest BCUT2D eigenvalue weighted by Crippen LogP contribution is 2.32. The van der Waals surface area contributed by atoms with Gasteiger partial charge in [0.05, 0.1) is 6.54 Å². The molecular formula is C14H26N2O3. The molecule has 0 spiro atoms. The first-order chi connectivity index (χ1) is 8.65. The molecule has 0 bridgehead atoms. The number of hydrogen-bond donors (Lipinski definition) is 3. The van der Waals surface area contributed by atoms with E-state index < -0.39 is 11.5 Å². The van der Waals surface area contributed by atoms with Crippen molar-refractivity contribution in [3.63, 3.8) is 0 Å². The van der Waals surface area contributed by atoms with Crippen LogP contribution in [0.2, 0.25) is 0 Å². The summed E-state index contributed by atoms with van der Waals surface area (Å²) in [6.07, 6.45) is 2.92.